The van der Waals surface area contributed by atoms with Gasteiger partial charge in [-0.05, 0) is 42.5 Å². The highest BCUT2D eigenvalue weighted by Gasteiger charge is 2.10. The largest absolute Gasteiger partial charge is 0.496 e. The molecule has 0 saturated heterocycles. The number of ketones is 1. The topological polar surface area (TPSA) is 26.3 Å². The molecule has 0 aliphatic rings. The van der Waals surface area contributed by atoms with Crippen molar-refractivity contribution in [2.75, 3.05) is 12.9 Å². The summed E-state index contributed by atoms with van der Waals surface area (Å²) in [6.45, 7) is 0. The van der Waals surface area contributed by atoms with Gasteiger partial charge in [0.2, 0.25) is 0 Å². The Hall–Kier alpha value is -1.33. The maximum Gasteiger partial charge on any atom is 0.147 e. The molecule has 0 radical (unpaired) electrons. The summed E-state index contributed by atoms with van der Waals surface area (Å²) in [5, 5.41) is 0. The van der Waals surface area contributed by atoms with Crippen molar-refractivity contribution in [3.8, 4) is 5.75 Å². The van der Waals surface area contributed by atoms with E-state index in [1.165, 1.54) is 23.9 Å². The molecule has 0 N–H and O–H groups in total. The lowest BCUT2D eigenvalue weighted by molar-refractivity contribution is -0.116. The average molecular weight is 369 g/mol. The molecule has 0 saturated carbocycles. The van der Waals surface area contributed by atoms with Crippen LogP contribution in [0.2, 0.25) is 0 Å². The van der Waals surface area contributed by atoms with E-state index < -0.39 is 0 Å². The van der Waals surface area contributed by atoms with Crippen molar-refractivity contribution >= 4 is 33.5 Å². The van der Waals surface area contributed by atoms with Crippen molar-refractivity contribution in [2.24, 2.45) is 0 Å². The number of halogens is 2. The summed E-state index contributed by atoms with van der Waals surface area (Å²) in [5.74, 6) is 0.880. The van der Waals surface area contributed by atoms with Gasteiger partial charge in [0, 0.05) is 21.4 Å². The van der Waals surface area contributed by atoms with Crippen LogP contribution < -0.4 is 4.74 Å². The van der Waals surface area contributed by atoms with Crippen LogP contribution in [0.5, 0.6) is 5.75 Å². The zero-order chi connectivity index (χ0) is 15.2. The maximum absolute atomic E-state index is 12.8. The van der Waals surface area contributed by atoms with E-state index in [4.69, 9.17) is 4.74 Å². The Morgan fingerprint density at radius 2 is 1.95 bits per heavy atom. The summed E-state index contributed by atoms with van der Waals surface area (Å²) in [7, 11) is 1.59. The van der Waals surface area contributed by atoms with Gasteiger partial charge in [-0.1, -0.05) is 15.9 Å². The SMILES string of the molecule is COc1ccc(Br)cc1CC(=O)CSc1ccc(F)cc1. The molecule has 0 atom stereocenters. The molecular weight excluding hydrogens is 355 g/mol. The number of thioether (sulfide) groups is 1. The molecule has 21 heavy (non-hydrogen) atoms. The fraction of sp³-hybridized carbons (Fsp3) is 0.188. The average Bonchev–Trinajstić information content (AvgIpc) is 2.47. The first-order chi connectivity index (χ1) is 10.1. The summed E-state index contributed by atoms with van der Waals surface area (Å²) >= 11 is 4.80. The Balaban J connectivity index is 1.95. The third kappa shape index (κ3) is 4.86. The van der Waals surface area contributed by atoms with E-state index in [1.807, 2.05) is 18.2 Å². The molecule has 0 unspecified atom stereocenters. The van der Waals surface area contributed by atoms with Crippen molar-refractivity contribution in [1.29, 1.82) is 0 Å². The number of carbonyl (C=O) groups excluding carboxylic acids is 1. The molecule has 0 fully saturated rings. The number of hydrogen-bond acceptors (Lipinski definition) is 3. The van der Waals surface area contributed by atoms with Crippen LogP contribution in [0.4, 0.5) is 4.39 Å². The molecule has 0 aliphatic heterocycles. The fourth-order valence-corrected chi connectivity index (χ4v) is 3.01. The lowest BCUT2D eigenvalue weighted by Gasteiger charge is -2.08. The number of ether oxygens (including phenoxy) is 1. The lowest BCUT2D eigenvalue weighted by Crippen LogP contribution is -2.07. The molecule has 2 rings (SSSR count). The Kier molecular flexibility index (Phi) is 5.82. The van der Waals surface area contributed by atoms with Gasteiger partial charge in [0.15, 0.2) is 0 Å². The predicted molar refractivity (Wildman–Crippen MR) is 86.5 cm³/mol. The molecule has 0 amide bonds. The van der Waals surface area contributed by atoms with Gasteiger partial charge in [0.1, 0.15) is 17.3 Å². The van der Waals surface area contributed by atoms with Gasteiger partial charge in [-0.15, -0.1) is 11.8 Å². The molecule has 2 aromatic carbocycles. The highest BCUT2D eigenvalue weighted by molar-refractivity contribution is 9.10. The van der Waals surface area contributed by atoms with Crippen molar-refractivity contribution in [1.82, 2.24) is 0 Å². The lowest BCUT2D eigenvalue weighted by atomic mass is 10.1. The maximum atomic E-state index is 12.8. The van der Waals surface area contributed by atoms with Gasteiger partial charge in [-0.2, -0.15) is 0 Å². The summed E-state index contributed by atoms with van der Waals surface area (Å²) in [5.41, 5.74) is 0.858. The molecule has 0 heterocycles. The number of rotatable bonds is 6. The monoisotopic (exact) mass is 368 g/mol. The predicted octanol–water partition coefficient (Wildman–Crippen LogP) is 4.50. The third-order valence-electron chi connectivity index (χ3n) is 2.84. The highest BCUT2D eigenvalue weighted by atomic mass is 79.9. The van der Waals surface area contributed by atoms with E-state index in [0.717, 1.165) is 14.9 Å². The zero-order valence-electron chi connectivity index (χ0n) is 11.4. The Morgan fingerprint density at radius 3 is 2.62 bits per heavy atom. The standard InChI is InChI=1S/C16H14BrFO2S/c1-20-16-7-2-12(17)8-11(16)9-14(19)10-21-15-5-3-13(18)4-6-15/h2-8H,9-10H2,1H3. The van der Waals surface area contributed by atoms with E-state index in [2.05, 4.69) is 15.9 Å². The van der Waals surface area contributed by atoms with Crippen LogP contribution in [0.3, 0.4) is 0 Å². The van der Waals surface area contributed by atoms with Crippen molar-refractivity contribution in [3.63, 3.8) is 0 Å². The molecule has 2 nitrogen and oxygen atoms in total. The molecule has 2 aromatic rings. The molecule has 0 bridgehead atoms. The molecule has 0 aliphatic carbocycles. The summed E-state index contributed by atoms with van der Waals surface area (Å²) in [6.07, 6.45) is 0.316. The summed E-state index contributed by atoms with van der Waals surface area (Å²) in [4.78, 5) is 12.9. The third-order valence-corrected chi connectivity index (χ3v) is 4.41. The van der Waals surface area contributed by atoms with E-state index in [1.54, 1.807) is 19.2 Å². The first kappa shape index (κ1) is 16.0. The van der Waals surface area contributed by atoms with Crippen LogP contribution in [0.25, 0.3) is 0 Å². The van der Waals surface area contributed by atoms with Crippen LogP contribution in [-0.2, 0) is 11.2 Å². The number of Topliss-reactive ketones (excluding diaryl/α,β-unsaturated/α-hetero) is 1. The Morgan fingerprint density at radius 1 is 1.24 bits per heavy atom. The second-order valence-corrected chi connectivity index (χ2v) is 6.38. The van der Waals surface area contributed by atoms with Gasteiger partial charge >= 0.3 is 0 Å². The van der Waals surface area contributed by atoms with Gasteiger partial charge in [-0.3, -0.25) is 4.79 Å². The minimum Gasteiger partial charge on any atom is -0.496 e. The minimum absolute atomic E-state index is 0.0979. The molecule has 5 heteroatoms. The summed E-state index contributed by atoms with van der Waals surface area (Å²) < 4.78 is 19.0. The Bertz CT molecular complexity index is 629. The second-order valence-electron chi connectivity index (χ2n) is 4.41. The Labute approximate surface area is 135 Å². The van der Waals surface area contributed by atoms with Gasteiger partial charge in [0.05, 0.1) is 12.9 Å². The minimum atomic E-state index is -0.274. The van der Waals surface area contributed by atoms with Crippen LogP contribution in [0.15, 0.2) is 51.8 Å². The van der Waals surface area contributed by atoms with E-state index in [0.29, 0.717) is 17.9 Å². The molecular formula is C16H14BrFO2S. The van der Waals surface area contributed by atoms with Gasteiger partial charge < -0.3 is 4.74 Å². The number of benzene rings is 2. The highest BCUT2D eigenvalue weighted by Crippen LogP contribution is 2.25. The van der Waals surface area contributed by atoms with Crippen molar-refractivity contribution in [3.05, 3.63) is 58.3 Å². The van der Waals surface area contributed by atoms with E-state index in [-0.39, 0.29) is 11.6 Å². The van der Waals surface area contributed by atoms with Gasteiger partial charge in [-0.25, -0.2) is 4.39 Å². The normalized spacial score (nSPS) is 10.4. The van der Waals surface area contributed by atoms with Gasteiger partial charge in [0.25, 0.3) is 0 Å². The first-order valence-electron chi connectivity index (χ1n) is 6.31. The number of hydrogen-bond donors (Lipinski definition) is 0. The smallest absolute Gasteiger partial charge is 0.147 e. The second kappa shape index (κ2) is 7.61. The number of methoxy groups -OCH3 is 1. The van der Waals surface area contributed by atoms with E-state index >= 15 is 0 Å². The first-order valence-corrected chi connectivity index (χ1v) is 8.09. The van der Waals surface area contributed by atoms with Crippen LogP contribution in [0.1, 0.15) is 5.56 Å². The number of carbonyl (C=O) groups is 1. The zero-order valence-corrected chi connectivity index (χ0v) is 13.8. The van der Waals surface area contributed by atoms with Crippen LogP contribution >= 0.6 is 27.7 Å². The quantitative estimate of drug-likeness (QED) is 0.702. The van der Waals surface area contributed by atoms with E-state index in [9.17, 15) is 9.18 Å². The molecule has 0 aromatic heterocycles. The molecule has 110 valence electrons. The van der Waals surface area contributed by atoms with Crippen LogP contribution in [0, 0.1) is 5.82 Å². The fourth-order valence-electron chi connectivity index (χ4n) is 1.84. The van der Waals surface area contributed by atoms with Crippen molar-refractivity contribution in [2.45, 2.75) is 11.3 Å². The molecule has 0 spiro atoms. The van der Waals surface area contributed by atoms with Crippen LogP contribution in [-0.4, -0.2) is 18.6 Å². The summed E-state index contributed by atoms with van der Waals surface area (Å²) in [6, 6.07) is 11.7. The van der Waals surface area contributed by atoms with Crippen molar-refractivity contribution < 1.29 is 13.9 Å².